The molecule has 3 aromatic rings. The molecule has 3 heteroatoms. The van der Waals surface area contributed by atoms with E-state index in [1.807, 2.05) is 12.1 Å². The van der Waals surface area contributed by atoms with Gasteiger partial charge < -0.3 is 0 Å². The van der Waals surface area contributed by atoms with Crippen molar-refractivity contribution in [1.82, 2.24) is 0 Å². The third-order valence-electron chi connectivity index (χ3n) is 3.78. The molecule has 0 unspecified atom stereocenters. The molecule has 0 aromatic heterocycles. The summed E-state index contributed by atoms with van der Waals surface area (Å²) < 4.78 is 10.4. The van der Waals surface area contributed by atoms with Crippen LogP contribution >= 0.6 is 0 Å². The zero-order chi connectivity index (χ0) is 14.7. The Morgan fingerprint density at radius 1 is 0.857 bits per heavy atom. The van der Waals surface area contributed by atoms with Crippen LogP contribution in [-0.2, 0) is 24.9 Å². The molecule has 0 heterocycles. The van der Waals surface area contributed by atoms with Crippen LogP contribution < -0.4 is 10.9 Å². The Kier molecular flexibility index (Phi) is 4.44. The maximum atomic E-state index is 5.21. The van der Waals surface area contributed by atoms with Crippen molar-refractivity contribution in [3.8, 4) is 5.75 Å². The van der Waals surface area contributed by atoms with Gasteiger partial charge in [-0.15, -0.1) is 0 Å². The third-order valence-corrected chi connectivity index (χ3v) is 9.37. The molecule has 3 rings (SSSR count). The van der Waals surface area contributed by atoms with Gasteiger partial charge in [0.2, 0.25) is 0 Å². The molecular formula is C18H17HgNO. The van der Waals surface area contributed by atoms with E-state index in [9.17, 15) is 0 Å². The molecule has 21 heavy (non-hydrogen) atoms. The summed E-state index contributed by atoms with van der Waals surface area (Å²) in [6.07, 6.45) is 0. The number of nitrogens with one attached hydrogen (secondary N) is 1. The number of benzene rings is 3. The van der Waals surface area contributed by atoms with E-state index in [4.69, 9.17) is 4.74 Å². The molecule has 0 saturated carbocycles. The summed E-state index contributed by atoms with van der Waals surface area (Å²) in [6, 6.07) is 21.5. The number of fused-ring (bicyclic) bond motifs is 1. The van der Waals surface area contributed by atoms with Gasteiger partial charge in [0, 0.05) is 0 Å². The number of rotatable bonds is 4. The van der Waals surface area contributed by atoms with Crippen LogP contribution in [0.15, 0.2) is 60.7 Å². The first-order valence-corrected chi connectivity index (χ1v) is 12.6. The quantitative estimate of drug-likeness (QED) is 0.593. The first kappa shape index (κ1) is 14.4. The van der Waals surface area contributed by atoms with Gasteiger partial charge in [0.1, 0.15) is 0 Å². The first-order chi connectivity index (χ1) is 10.3. The van der Waals surface area contributed by atoms with Crippen molar-refractivity contribution >= 4 is 19.5 Å². The fraction of sp³-hybridized carbons (Fsp3) is 0.111. The minimum absolute atomic E-state index is 0.924. The number of anilines is 1. The summed E-state index contributed by atoms with van der Waals surface area (Å²) in [5.41, 5.74) is 2.60. The fourth-order valence-electron chi connectivity index (χ4n) is 2.54. The molecule has 0 spiro atoms. The monoisotopic (exact) mass is 465 g/mol. The van der Waals surface area contributed by atoms with Gasteiger partial charge in [0.15, 0.2) is 0 Å². The predicted molar refractivity (Wildman–Crippen MR) is 84.9 cm³/mol. The van der Waals surface area contributed by atoms with Gasteiger partial charge in [-0.25, -0.2) is 0 Å². The SMILES string of the molecule is COc1cc[c]([Hg][NH]c2ccc(C)c3ccccc23)cc1. The van der Waals surface area contributed by atoms with Crippen molar-refractivity contribution in [3.63, 3.8) is 0 Å². The van der Waals surface area contributed by atoms with E-state index in [-0.39, 0.29) is 0 Å². The van der Waals surface area contributed by atoms with Gasteiger partial charge in [0.05, 0.1) is 0 Å². The Morgan fingerprint density at radius 3 is 2.29 bits per heavy atom. The zero-order valence-electron chi connectivity index (χ0n) is 12.4. The van der Waals surface area contributed by atoms with Gasteiger partial charge >= 0.3 is 138 Å². The molecule has 0 aliphatic carbocycles. The third kappa shape index (κ3) is 3.21. The summed E-state index contributed by atoms with van der Waals surface area (Å²) in [4.78, 5) is 0. The molecule has 0 saturated heterocycles. The second-order valence-electron chi connectivity index (χ2n) is 5.18. The number of aryl methyl sites for hydroxylation is 1. The van der Waals surface area contributed by atoms with E-state index in [1.54, 1.807) is 7.11 Å². The molecule has 0 aliphatic heterocycles. The Labute approximate surface area is 138 Å². The molecule has 0 aliphatic rings. The Hall–Kier alpha value is -1.54. The van der Waals surface area contributed by atoms with Gasteiger partial charge in [0.25, 0.3) is 0 Å². The predicted octanol–water partition coefficient (Wildman–Crippen LogP) is 3.89. The van der Waals surface area contributed by atoms with Crippen molar-refractivity contribution in [2.75, 3.05) is 10.2 Å². The molecule has 0 bridgehead atoms. The van der Waals surface area contributed by atoms with Crippen LogP contribution in [0, 0.1) is 6.92 Å². The summed E-state index contributed by atoms with van der Waals surface area (Å²) >= 11 is -1.34. The van der Waals surface area contributed by atoms with Crippen molar-refractivity contribution < 1.29 is 29.6 Å². The van der Waals surface area contributed by atoms with Crippen LogP contribution in [-0.4, -0.2) is 7.11 Å². The van der Waals surface area contributed by atoms with Crippen LogP contribution in [0.5, 0.6) is 5.75 Å². The summed E-state index contributed by atoms with van der Waals surface area (Å²) in [5, 5.41) is 2.66. The van der Waals surface area contributed by atoms with E-state index < -0.39 is 24.9 Å². The summed E-state index contributed by atoms with van der Waals surface area (Å²) in [7, 11) is 1.70. The molecule has 1 N–H and O–H groups in total. The Morgan fingerprint density at radius 2 is 1.57 bits per heavy atom. The molecule has 0 atom stereocenters. The van der Waals surface area contributed by atoms with Crippen molar-refractivity contribution in [2.24, 2.45) is 0 Å². The molecule has 102 valence electrons. The van der Waals surface area contributed by atoms with Gasteiger partial charge in [-0.05, 0) is 0 Å². The second kappa shape index (κ2) is 6.48. The van der Waals surface area contributed by atoms with Crippen molar-refractivity contribution in [3.05, 3.63) is 66.2 Å². The van der Waals surface area contributed by atoms with Gasteiger partial charge in [-0.2, -0.15) is 0 Å². The van der Waals surface area contributed by atoms with Gasteiger partial charge in [-0.1, -0.05) is 0 Å². The first-order valence-electron chi connectivity index (χ1n) is 7.13. The average molecular weight is 464 g/mol. The van der Waals surface area contributed by atoms with E-state index in [1.165, 1.54) is 25.1 Å². The molecule has 0 fully saturated rings. The second-order valence-corrected chi connectivity index (χ2v) is 11.1. The maximum absolute atomic E-state index is 5.21. The van der Waals surface area contributed by atoms with E-state index in [0.717, 1.165) is 5.75 Å². The number of hydrogen-bond donors (Lipinski definition) is 1. The van der Waals surface area contributed by atoms with Crippen LogP contribution in [0.4, 0.5) is 5.69 Å². The van der Waals surface area contributed by atoms with Crippen molar-refractivity contribution in [1.29, 1.82) is 0 Å². The van der Waals surface area contributed by atoms with Crippen LogP contribution in [0.1, 0.15) is 5.56 Å². The molecule has 0 amide bonds. The normalized spacial score (nSPS) is 10.2. The van der Waals surface area contributed by atoms with Gasteiger partial charge in [-0.3, -0.25) is 0 Å². The van der Waals surface area contributed by atoms with Crippen LogP contribution in [0.2, 0.25) is 0 Å². The number of methoxy groups -OCH3 is 1. The van der Waals surface area contributed by atoms with E-state index in [2.05, 4.69) is 58.5 Å². The van der Waals surface area contributed by atoms with Crippen LogP contribution in [0.25, 0.3) is 10.8 Å². The minimum atomic E-state index is -1.34. The average Bonchev–Trinajstić information content (AvgIpc) is 2.55. The fourth-order valence-corrected chi connectivity index (χ4v) is 7.11. The summed E-state index contributed by atoms with van der Waals surface area (Å²) in [6.45, 7) is 2.17. The molecular weight excluding hydrogens is 447 g/mol. The number of hydrogen-bond acceptors (Lipinski definition) is 2. The molecule has 3 aromatic carbocycles. The Balaban J connectivity index is 1.83. The van der Waals surface area contributed by atoms with E-state index in [0.29, 0.717) is 0 Å². The zero-order valence-corrected chi connectivity index (χ0v) is 17.9. The molecule has 2 nitrogen and oxygen atoms in total. The molecule has 0 radical (unpaired) electrons. The topological polar surface area (TPSA) is 21.3 Å². The van der Waals surface area contributed by atoms with Crippen LogP contribution in [0.3, 0.4) is 0 Å². The summed E-state index contributed by atoms with van der Waals surface area (Å²) in [5.74, 6) is 0.924. The standard InChI is InChI=1S/C11H10N.C7H7O.Hg/c1-8-6-7-11(12)10-5-3-2-4-9(8)10;1-8-7-5-3-2-4-6-7;/h2-7,12H,1H3;3-6H,1H3;/q-1;;+1. The Bertz CT molecular complexity index is 753. The van der Waals surface area contributed by atoms with Crippen molar-refractivity contribution in [2.45, 2.75) is 6.92 Å². The number of ether oxygens (including phenoxy) is 1. The van der Waals surface area contributed by atoms with E-state index >= 15 is 0 Å².